The number of halogens is 2. The Morgan fingerprint density at radius 1 is 1.69 bits per heavy atom. The van der Waals surface area contributed by atoms with Crippen LogP contribution in [0.3, 0.4) is 0 Å². The van der Waals surface area contributed by atoms with Crippen molar-refractivity contribution in [2.75, 3.05) is 6.86 Å². The summed E-state index contributed by atoms with van der Waals surface area (Å²) in [6, 6.07) is 0. The molecule has 13 heavy (non-hydrogen) atoms. The van der Waals surface area contributed by atoms with Gasteiger partial charge in [0, 0.05) is 6.20 Å². The first-order valence-corrected chi connectivity index (χ1v) is 3.92. The van der Waals surface area contributed by atoms with Gasteiger partial charge in [0.1, 0.15) is 6.20 Å². The molecule has 0 aromatic carbocycles. The van der Waals surface area contributed by atoms with Gasteiger partial charge in [0.05, 0.1) is 9.40 Å². The molecule has 0 unspecified atom stereocenters. The SMILES string of the molecule is O=[N+]([O-])c1cncc(Br)c1OCF. The van der Waals surface area contributed by atoms with Gasteiger partial charge >= 0.3 is 5.69 Å². The van der Waals surface area contributed by atoms with E-state index in [1.54, 1.807) is 0 Å². The molecule has 0 saturated heterocycles. The second-order valence-electron chi connectivity index (χ2n) is 1.98. The largest absolute Gasteiger partial charge is 0.454 e. The van der Waals surface area contributed by atoms with E-state index in [2.05, 4.69) is 25.7 Å². The Labute approximate surface area is 80.8 Å². The normalized spacial score (nSPS) is 9.69. The Kier molecular flexibility index (Phi) is 3.13. The van der Waals surface area contributed by atoms with Crippen molar-refractivity contribution in [1.82, 2.24) is 4.98 Å². The van der Waals surface area contributed by atoms with E-state index in [-0.39, 0.29) is 15.9 Å². The smallest absolute Gasteiger partial charge is 0.330 e. The van der Waals surface area contributed by atoms with Gasteiger partial charge in [-0.2, -0.15) is 0 Å². The van der Waals surface area contributed by atoms with Gasteiger partial charge in [-0.15, -0.1) is 0 Å². The molecule has 1 aromatic heterocycles. The second kappa shape index (κ2) is 4.13. The number of pyridine rings is 1. The van der Waals surface area contributed by atoms with Gasteiger partial charge in [-0.25, -0.2) is 4.39 Å². The first-order chi connectivity index (χ1) is 6.16. The molecule has 0 amide bonds. The lowest BCUT2D eigenvalue weighted by molar-refractivity contribution is -0.386. The quantitative estimate of drug-likeness (QED) is 0.609. The molecule has 1 aromatic rings. The van der Waals surface area contributed by atoms with E-state index in [4.69, 9.17) is 0 Å². The summed E-state index contributed by atoms with van der Waals surface area (Å²) in [5, 5.41) is 10.4. The zero-order valence-electron chi connectivity index (χ0n) is 6.24. The zero-order valence-corrected chi connectivity index (χ0v) is 7.82. The Morgan fingerprint density at radius 2 is 2.38 bits per heavy atom. The van der Waals surface area contributed by atoms with Crippen molar-refractivity contribution >= 4 is 21.6 Å². The van der Waals surface area contributed by atoms with Crippen LogP contribution >= 0.6 is 15.9 Å². The molecule has 7 heteroatoms. The summed E-state index contributed by atoms with van der Waals surface area (Å²) in [6.45, 7) is -1.12. The van der Waals surface area contributed by atoms with Crippen LogP contribution in [0.5, 0.6) is 5.75 Å². The lowest BCUT2D eigenvalue weighted by Gasteiger charge is -2.02. The van der Waals surface area contributed by atoms with Crippen molar-refractivity contribution in [1.29, 1.82) is 0 Å². The molecule has 5 nitrogen and oxygen atoms in total. The number of nitro groups is 1. The van der Waals surface area contributed by atoms with Crippen molar-refractivity contribution < 1.29 is 14.1 Å². The van der Waals surface area contributed by atoms with Gasteiger partial charge in [0.2, 0.25) is 12.6 Å². The van der Waals surface area contributed by atoms with Crippen LogP contribution < -0.4 is 4.74 Å². The number of hydrogen-bond acceptors (Lipinski definition) is 4. The Hall–Kier alpha value is -1.24. The monoisotopic (exact) mass is 250 g/mol. The van der Waals surface area contributed by atoms with Crippen molar-refractivity contribution in [3.63, 3.8) is 0 Å². The van der Waals surface area contributed by atoms with E-state index in [1.165, 1.54) is 6.20 Å². The maximum atomic E-state index is 11.8. The van der Waals surface area contributed by atoms with E-state index >= 15 is 0 Å². The predicted octanol–water partition coefficient (Wildman–Crippen LogP) is 2.06. The molecule has 0 atom stereocenters. The van der Waals surface area contributed by atoms with Gasteiger partial charge in [-0.05, 0) is 15.9 Å². The molecule has 1 heterocycles. The maximum Gasteiger partial charge on any atom is 0.330 e. The van der Waals surface area contributed by atoms with Crippen LogP contribution in [0.15, 0.2) is 16.9 Å². The number of alkyl halides is 1. The first-order valence-electron chi connectivity index (χ1n) is 3.13. The van der Waals surface area contributed by atoms with Crippen LogP contribution in [-0.4, -0.2) is 16.8 Å². The topological polar surface area (TPSA) is 65.3 Å². The fourth-order valence-electron chi connectivity index (χ4n) is 0.740. The maximum absolute atomic E-state index is 11.8. The van der Waals surface area contributed by atoms with Crippen LogP contribution in [0.25, 0.3) is 0 Å². The molecule has 0 aliphatic carbocycles. The average molecular weight is 251 g/mol. The zero-order chi connectivity index (χ0) is 9.84. The molecule has 0 aliphatic heterocycles. The summed E-state index contributed by atoms with van der Waals surface area (Å²) in [4.78, 5) is 13.3. The van der Waals surface area contributed by atoms with Crippen LogP contribution in [-0.2, 0) is 0 Å². The van der Waals surface area contributed by atoms with E-state index in [1.807, 2.05) is 0 Å². The van der Waals surface area contributed by atoms with Gasteiger partial charge in [-0.3, -0.25) is 15.1 Å². The van der Waals surface area contributed by atoms with Crippen LogP contribution in [0.2, 0.25) is 0 Å². The van der Waals surface area contributed by atoms with E-state index in [9.17, 15) is 14.5 Å². The molecular formula is C6H4BrFN2O3. The number of rotatable bonds is 3. The number of hydrogen-bond donors (Lipinski definition) is 0. The third-order valence-corrected chi connectivity index (χ3v) is 1.79. The Morgan fingerprint density at radius 3 is 2.92 bits per heavy atom. The highest BCUT2D eigenvalue weighted by Gasteiger charge is 2.18. The molecule has 0 fully saturated rings. The average Bonchev–Trinajstić information content (AvgIpc) is 2.08. The summed E-state index contributed by atoms with van der Waals surface area (Å²) in [5.41, 5.74) is -0.368. The Balaban J connectivity index is 3.17. The van der Waals surface area contributed by atoms with Gasteiger partial charge in [0.15, 0.2) is 0 Å². The summed E-state index contributed by atoms with van der Waals surface area (Å²) in [5.74, 6) is -0.150. The molecular weight excluding hydrogens is 247 g/mol. The molecule has 0 N–H and O–H groups in total. The van der Waals surface area contributed by atoms with Gasteiger partial charge in [0.25, 0.3) is 0 Å². The van der Waals surface area contributed by atoms with Crippen LogP contribution in [0.4, 0.5) is 10.1 Å². The number of aromatic nitrogens is 1. The molecule has 0 saturated carbocycles. The minimum Gasteiger partial charge on any atom is -0.454 e. The fraction of sp³-hybridized carbons (Fsp3) is 0.167. The first kappa shape index (κ1) is 9.85. The third kappa shape index (κ3) is 2.11. The van der Waals surface area contributed by atoms with Gasteiger partial charge < -0.3 is 4.74 Å². The van der Waals surface area contributed by atoms with Crippen molar-refractivity contribution in [3.05, 3.63) is 27.0 Å². The van der Waals surface area contributed by atoms with E-state index in [0.717, 1.165) is 6.20 Å². The molecule has 0 spiro atoms. The van der Waals surface area contributed by atoms with Crippen LogP contribution in [0.1, 0.15) is 0 Å². The Bertz CT molecular complexity index is 334. The molecule has 0 radical (unpaired) electrons. The summed E-state index contributed by atoms with van der Waals surface area (Å²) < 4.78 is 16.5. The standard InChI is InChI=1S/C6H4BrFN2O3/c7-4-1-9-2-5(10(11)12)6(4)13-3-8/h1-2H,3H2. The molecule has 0 bridgehead atoms. The number of ether oxygens (including phenoxy) is 1. The van der Waals surface area contributed by atoms with E-state index in [0.29, 0.717) is 0 Å². The van der Waals surface area contributed by atoms with Crippen molar-refractivity contribution in [2.45, 2.75) is 0 Å². The lowest BCUT2D eigenvalue weighted by atomic mass is 10.4. The lowest BCUT2D eigenvalue weighted by Crippen LogP contribution is -1.98. The highest BCUT2D eigenvalue weighted by Crippen LogP contribution is 2.33. The van der Waals surface area contributed by atoms with Crippen molar-refractivity contribution in [3.8, 4) is 5.75 Å². The predicted molar refractivity (Wildman–Crippen MR) is 45.2 cm³/mol. The highest BCUT2D eigenvalue weighted by molar-refractivity contribution is 9.10. The third-order valence-electron chi connectivity index (χ3n) is 1.23. The van der Waals surface area contributed by atoms with E-state index < -0.39 is 11.8 Å². The number of nitrogens with zero attached hydrogens (tertiary/aromatic N) is 2. The highest BCUT2D eigenvalue weighted by atomic mass is 79.9. The summed E-state index contributed by atoms with van der Waals surface area (Å²) >= 11 is 2.96. The second-order valence-corrected chi connectivity index (χ2v) is 2.83. The molecule has 1 rings (SSSR count). The fourth-order valence-corrected chi connectivity index (χ4v) is 1.18. The van der Waals surface area contributed by atoms with Crippen LogP contribution in [0, 0.1) is 10.1 Å². The molecule has 0 aliphatic rings. The van der Waals surface area contributed by atoms with Crippen molar-refractivity contribution in [2.24, 2.45) is 0 Å². The minimum absolute atomic E-state index is 0.150. The molecule has 70 valence electrons. The van der Waals surface area contributed by atoms with Gasteiger partial charge in [-0.1, -0.05) is 0 Å². The summed E-state index contributed by atoms with van der Waals surface area (Å²) in [7, 11) is 0. The minimum atomic E-state index is -1.12. The summed E-state index contributed by atoms with van der Waals surface area (Å²) in [6.07, 6.45) is 2.29.